The van der Waals surface area contributed by atoms with Gasteiger partial charge in [0.2, 0.25) is 0 Å². The first-order valence-corrected chi connectivity index (χ1v) is 22.0. The Bertz CT molecular complexity index is 2360. The second-order valence-electron chi connectivity index (χ2n) is 14.5. The SMILES string of the molecule is Cc1cc(C)cc(-c2c(C)c(C)cc3[cH-]c(-c4ccc(C)o4)cc23)c1.Cc1cc(C)cc(-c2c(C)c(C)cc3[cH-]c(-c4ccc(C)o4)cc23)c1.Cl.Cl.[CH3-].[CH3-].[Si]=[Zr]. The Kier molecular flexibility index (Phi) is 17.5. The molecule has 0 saturated heterocycles. The average Bonchev–Trinajstić information content (AvgIpc) is 3.89. The van der Waals surface area contributed by atoms with Crippen molar-refractivity contribution in [2.75, 3.05) is 0 Å². The molecule has 0 unspecified atom stereocenters. The minimum absolute atomic E-state index is 0. The number of hydrogen-bond acceptors (Lipinski definition) is 2. The van der Waals surface area contributed by atoms with Gasteiger partial charge >= 0.3 is 30.2 Å². The molecular formula is C50H54Cl2O2SiZr-4. The predicted octanol–water partition coefficient (Wildman–Crippen LogP) is 15.4. The molecule has 6 aromatic carbocycles. The van der Waals surface area contributed by atoms with E-state index in [0.29, 0.717) is 0 Å². The van der Waals surface area contributed by atoms with Crippen LogP contribution in [0.15, 0.2) is 106 Å². The first-order valence-electron chi connectivity index (χ1n) is 17.8. The summed E-state index contributed by atoms with van der Waals surface area (Å²) in [5.41, 5.74) is 18.2. The topological polar surface area (TPSA) is 26.3 Å². The van der Waals surface area contributed by atoms with Gasteiger partial charge in [0.15, 0.2) is 0 Å². The summed E-state index contributed by atoms with van der Waals surface area (Å²) in [6, 6.07) is 35.4. The number of halogens is 2. The summed E-state index contributed by atoms with van der Waals surface area (Å²) in [5, 5.41) is 5.16. The van der Waals surface area contributed by atoms with E-state index in [-0.39, 0.29) is 39.7 Å². The van der Waals surface area contributed by atoms with Crippen molar-refractivity contribution >= 4 is 53.2 Å². The second-order valence-corrected chi connectivity index (χ2v) is 14.5. The Labute approximate surface area is 364 Å². The third-order valence-corrected chi connectivity index (χ3v) is 10.1. The van der Waals surface area contributed by atoms with Gasteiger partial charge in [-0.1, -0.05) is 92.0 Å². The molecular weight excluding hydrogens is 823 g/mol. The summed E-state index contributed by atoms with van der Waals surface area (Å²) in [6.45, 7) is 24.6. The van der Waals surface area contributed by atoms with Crippen LogP contribution in [0.25, 0.3) is 66.4 Å². The molecule has 292 valence electrons. The van der Waals surface area contributed by atoms with Crippen molar-refractivity contribution in [1.82, 2.24) is 0 Å². The van der Waals surface area contributed by atoms with E-state index >= 15 is 0 Å². The Morgan fingerprint density at radius 1 is 0.446 bits per heavy atom. The number of aryl methyl sites for hydroxylation is 8. The summed E-state index contributed by atoms with van der Waals surface area (Å²) in [7, 11) is 0. The predicted molar refractivity (Wildman–Crippen MR) is 246 cm³/mol. The first-order chi connectivity index (χ1) is 24.8. The Hall–Kier alpha value is -3.66. The molecule has 2 radical (unpaired) electrons. The number of rotatable bonds is 4. The second kappa shape index (κ2) is 20.2. The van der Waals surface area contributed by atoms with E-state index in [2.05, 4.69) is 147 Å². The summed E-state index contributed by atoms with van der Waals surface area (Å²) >= 11 is 1.36. The van der Waals surface area contributed by atoms with Crippen molar-refractivity contribution in [3.8, 4) is 44.9 Å². The van der Waals surface area contributed by atoms with E-state index < -0.39 is 0 Å². The summed E-state index contributed by atoms with van der Waals surface area (Å²) in [4.78, 5) is 0. The van der Waals surface area contributed by atoms with Crippen molar-refractivity contribution in [1.29, 1.82) is 0 Å². The molecule has 8 rings (SSSR count). The van der Waals surface area contributed by atoms with Gasteiger partial charge in [0, 0.05) is 0 Å². The van der Waals surface area contributed by atoms with Crippen LogP contribution in [0.1, 0.15) is 56.0 Å². The number of hydrogen-bond donors (Lipinski definition) is 0. The van der Waals surface area contributed by atoms with Crippen LogP contribution >= 0.6 is 24.8 Å². The molecule has 0 bridgehead atoms. The number of fused-ring (bicyclic) bond motifs is 2. The Morgan fingerprint density at radius 3 is 1.05 bits per heavy atom. The maximum atomic E-state index is 5.84. The van der Waals surface area contributed by atoms with Gasteiger partial charge in [-0.2, -0.15) is 0 Å². The molecule has 8 aromatic rings. The summed E-state index contributed by atoms with van der Waals surface area (Å²) < 4.78 is 11.7. The van der Waals surface area contributed by atoms with Crippen LogP contribution in [-0.2, 0) is 23.3 Å². The van der Waals surface area contributed by atoms with E-state index in [4.69, 9.17) is 8.83 Å². The monoisotopic (exact) mass is 874 g/mol. The van der Waals surface area contributed by atoms with Gasteiger partial charge in [0.05, 0.1) is 23.0 Å². The molecule has 0 aliphatic rings. The Morgan fingerprint density at radius 2 is 0.768 bits per heavy atom. The molecule has 0 aliphatic carbocycles. The van der Waals surface area contributed by atoms with Crippen LogP contribution in [0.3, 0.4) is 0 Å². The van der Waals surface area contributed by atoms with E-state index in [1.54, 1.807) is 0 Å². The van der Waals surface area contributed by atoms with Gasteiger partial charge in [0.1, 0.15) is 0 Å². The van der Waals surface area contributed by atoms with Gasteiger partial charge in [-0.3, -0.25) is 0 Å². The van der Waals surface area contributed by atoms with E-state index in [1.165, 1.54) is 112 Å². The van der Waals surface area contributed by atoms with Crippen molar-refractivity contribution in [2.24, 2.45) is 0 Å². The van der Waals surface area contributed by atoms with Crippen LogP contribution in [-0.4, -0.2) is 6.88 Å². The molecule has 0 spiro atoms. The number of furan rings is 2. The zero-order chi connectivity index (χ0) is 37.4. The van der Waals surface area contributed by atoms with E-state index in [0.717, 1.165) is 34.2 Å². The zero-order valence-electron chi connectivity index (χ0n) is 34.9. The van der Waals surface area contributed by atoms with Gasteiger partial charge in [-0.25, -0.2) is 0 Å². The van der Waals surface area contributed by atoms with Crippen molar-refractivity contribution in [3.05, 3.63) is 168 Å². The van der Waals surface area contributed by atoms with Crippen molar-refractivity contribution in [2.45, 2.75) is 69.2 Å². The van der Waals surface area contributed by atoms with Crippen molar-refractivity contribution in [3.63, 3.8) is 0 Å². The van der Waals surface area contributed by atoms with Gasteiger partial charge < -0.3 is 23.7 Å². The van der Waals surface area contributed by atoms with Crippen LogP contribution in [0.4, 0.5) is 0 Å². The molecule has 2 nitrogen and oxygen atoms in total. The summed E-state index contributed by atoms with van der Waals surface area (Å²) in [6.07, 6.45) is 0. The maximum absolute atomic E-state index is 5.84. The molecule has 0 fully saturated rings. The van der Waals surface area contributed by atoms with Gasteiger partial charge in [0.25, 0.3) is 0 Å². The third kappa shape index (κ3) is 10.1. The normalized spacial score (nSPS) is 10.2. The van der Waals surface area contributed by atoms with Crippen LogP contribution in [0.2, 0.25) is 0 Å². The fourth-order valence-electron chi connectivity index (χ4n) is 7.65. The minimum atomic E-state index is 0. The quantitative estimate of drug-likeness (QED) is 0.130. The fourth-order valence-corrected chi connectivity index (χ4v) is 7.65. The molecule has 6 heteroatoms. The molecule has 0 aliphatic heterocycles. The van der Waals surface area contributed by atoms with E-state index in [9.17, 15) is 0 Å². The fraction of sp³-hybridized carbons (Fsp3) is 0.200. The average molecular weight is 877 g/mol. The molecule has 0 amide bonds. The standard InChI is InChI=1S/2C24H23O.2CH3.2ClH.Si.Zr/c2*1-14-8-15(2)10-21(9-14)24-18(5)16(3)11-19-12-20(13-22(19)24)23-7-6-17(4)25-23;;;;;;/h2*6-13H,1-5H3;2*1H3;2*1H;;/q4*-1;;;;. The van der Waals surface area contributed by atoms with Crippen LogP contribution in [0, 0.1) is 84.1 Å². The summed E-state index contributed by atoms with van der Waals surface area (Å²) in [5.74, 6) is 3.77. The van der Waals surface area contributed by atoms with Crippen LogP contribution < -0.4 is 0 Å². The van der Waals surface area contributed by atoms with Crippen molar-refractivity contribution < 1.29 is 32.2 Å². The molecule has 2 aromatic heterocycles. The molecule has 56 heavy (non-hydrogen) atoms. The number of benzene rings is 4. The Balaban J connectivity index is 0.000000347. The molecule has 0 atom stereocenters. The molecule has 2 heterocycles. The molecule has 0 saturated carbocycles. The molecule has 0 N–H and O–H groups in total. The van der Waals surface area contributed by atoms with Crippen LogP contribution in [0.5, 0.6) is 0 Å². The third-order valence-electron chi connectivity index (χ3n) is 10.1. The van der Waals surface area contributed by atoms with Gasteiger partial charge in [-0.05, 0) is 116 Å². The van der Waals surface area contributed by atoms with E-state index in [1.807, 2.05) is 26.0 Å². The first kappa shape index (κ1) is 48.5. The zero-order valence-corrected chi connectivity index (χ0v) is 40.0. The van der Waals surface area contributed by atoms with Gasteiger partial charge in [-0.15, -0.1) is 82.8 Å².